The number of hydrogen-bond acceptors (Lipinski definition) is 4. The van der Waals surface area contributed by atoms with Crippen molar-refractivity contribution in [2.24, 2.45) is 7.05 Å². The first-order valence-electron chi connectivity index (χ1n) is 9.46. The number of carbonyl (C=O) groups is 1. The fourth-order valence-electron chi connectivity index (χ4n) is 3.64. The number of ether oxygens (including phenoxy) is 2. The number of aryl methyl sites for hydroxylation is 1. The number of hydrogen-bond donors (Lipinski definition) is 2. The van der Waals surface area contributed by atoms with E-state index in [4.69, 9.17) is 9.47 Å². The van der Waals surface area contributed by atoms with Crippen LogP contribution in [-0.2, 0) is 13.5 Å². The molecule has 4 aromatic rings. The molecule has 0 saturated heterocycles. The number of fused-ring (bicyclic) bond motifs is 2. The van der Waals surface area contributed by atoms with Crippen molar-refractivity contribution in [1.82, 2.24) is 20.1 Å². The maximum Gasteiger partial charge on any atom is 0.271 e. The molecule has 1 amide bonds. The number of rotatable bonds is 5. The van der Waals surface area contributed by atoms with Crippen LogP contribution in [0.3, 0.4) is 0 Å². The minimum atomic E-state index is -0.188. The SMILES string of the molecule is Cn1nc(C(=O)NCCc2c[nH]c3ccccc23)cc1-c1ccc2c(c1)OCO2. The van der Waals surface area contributed by atoms with Crippen LogP contribution < -0.4 is 14.8 Å². The number of para-hydroxylation sites is 1. The lowest BCUT2D eigenvalue weighted by atomic mass is 10.1. The molecule has 5 rings (SSSR count). The number of aromatic nitrogens is 3. The summed E-state index contributed by atoms with van der Waals surface area (Å²) in [6, 6.07) is 15.6. The average Bonchev–Trinajstić information content (AvgIpc) is 3.45. The summed E-state index contributed by atoms with van der Waals surface area (Å²) < 4.78 is 12.5. The first-order chi connectivity index (χ1) is 14.2. The van der Waals surface area contributed by atoms with Crippen molar-refractivity contribution in [2.75, 3.05) is 13.3 Å². The Bertz CT molecular complexity index is 1210. The van der Waals surface area contributed by atoms with Crippen molar-refractivity contribution in [3.05, 3.63) is 66.0 Å². The largest absolute Gasteiger partial charge is 0.454 e. The van der Waals surface area contributed by atoms with Crippen LogP contribution >= 0.6 is 0 Å². The van der Waals surface area contributed by atoms with Crippen LogP contribution in [0.25, 0.3) is 22.2 Å². The van der Waals surface area contributed by atoms with E-state index in [1.54, 1.807) is 10.7 Å². The van der Waals surface area contributed by atoms with Crippen molar-refractivity contribution in [2.45, 2.75) is 6.42 Å². The van der Waals surface area contributed by atoms with E-state index in [1.807, 2.05) is 49.6 Å². The summed E-state index contributed by atoms with van der Waals surface area (Å²) in [6.45, 7) is 0.769. The Morgan fingerprint density at radius 1 is 1.17 bits per heavy atom. The highest BCUT2D eigenvalue weighted by Gasteiger charge is 2.18. The second kappa shape index (κ2) is 7.01. The Kier molecular flexibility index (Phi) is 4.20. The first kappa shape index (κ1) is 17.4. The van der Waals surface area contributed by atoms with Gasteiger partial charge >= 0.3 is 0 Å². The predicted molar refractivity (Wildman–Crippen MR) is 109 cm³/mol. The molecule has 1 aliphatic rings. The Balaban J connectivity index is 1.28. The number of H-pyrrole nitrogens is 1. The molecule has 7 nitrogen and oxygen atoms in total. The van der Waals surface area contributed by atoms with Gasteiger partial charge in [0.2, 0.25) is 6.79 Å². The summed E-state index contributed by atoms with van der Waals surface area (Å²) >= 11 is 0. The molecule has 3 heterocycles. The lowest BCUT2D eigenvalue weighted by Crippen LogP contribution is -2.26. The monoisotopic (exact) mass is 388 g/mol. The fraction of sp³-hybridized carbons (Fsp3) is 0.182. The van der Waals surface area contributed by atoms with Gasteiger partial charge in [-0.2, -0.15) is 5.10 Å². The van der Waals surface area contributed by atoms with Crippen molar-refractivity contribution < 1.29 is 14.3 Å². The van der Waals surface area contributed by atoms with E-state index < -0.39 is 0 Å². The van der Waals surface area contributed by atoms with Gasteiger partial charge in [-0.1, -0.05) is 18.2 Å². The Morgan fingerprint density at radius 2 is 2.03 bits per heavy atom. The van der Waals surface area contributed by atoms with Crippen LogP contribution in [-0.4, -0.2) is 34.0 Å². The zero-order valence-electron chi connectivity index (χ0n) is 15.9. The van der Waals surface area contributed by atoms with Crippen LogP contribution in [0.2, 0.25) is 0 Å². The van der Waals surface area contributed by atoms with Gasteiger partial charge in [-0.05, 0) is 42.3 Å². The summed E-state index contributed by atoms with van der Waals surface area (Å²) in [5, 5.41) is 8.52. The lowest BCUT2D eigenvalue weighted by Gasteiger charge is -2.03. The number of benzene rings is 2. The topological polar surface area (TPSA) is 81.2 Å². The molecule has 0 atom stereocenters. The molecule has 0 spiro atoms. The number of amides is 1. The summed E-state index contributed by atoms with van der Waals surface area (Å²) in [5.74, 6) is 1.24. The molecule has 0 unspecified atom stereocenters. The summed E-state index contributed by atoms with van der Waals surface area (Å²) in [5.41, 5.74) is 4.43. The van der Waals surface area contributed by atoms with Crippen LogP contribution in [0.4, 0.5) is 0 Å². The number of nitrogens with zero attached hydrogens (tertiary/aromatic N) is 2. The molecule has 0 aliphatic carbocycles. The van der Waals surface area contributed by atoms with Gasteiger partial charge in [0.15, 0.2) is 17.2 Å². The zero-order chi connectivity index (χ0) is 19.8. The van der Waals surface area contributed by atoms with Crippen molar-refractivity contribution in [1.29, 1.82) is 0 Å². The average molecular weight is 388 g/mol. The minimum absolute atomic E-state index is 0.188. The van der Waals surface area contributed by atoms with E-state index in [-0.39, 0.29) is 12.7 Å². The van der Waals surface area contributed by atoms with E-state index in [0.717, 1.165) is 28.9 Å². The van der Waals surface area contributed by atoms with Gasteiger partial charge < -0.3 is 19.8 Å². The summed E-state index contributed by atoms with van der Waals surface area (Å²) in [4.78, 5) is 15.8. The van der Waals surface area contributed by atoms with Crippen molar-refractivity contribution in [3.8, 4) is 22.8 Å². The standard InChI is InChI=1S/C22H20N4O3/c1-26-19(14-6-7-20-21(10-14)29-13-28-20)11-18(25-26)22(27)23-9-8-15-12-24-17-5-3-2-4-16(15)17/h2-7,10-12,24H,8-9,13H2,1H3,(H,23,27). The van der Waals surface area contributed by atoms with Gasteiger partial charge in [0.05, 0.1) is 5.69 Å². The predicted octanol–water partition coefficient (Wildman–Crippen LogP) is 3.27. The third kappa shape index (κ3) is 3.20. The number of carbonyl (C=O) groups excluding carboxylic acids is 1. The van der Waals surface area contributed by atoms with Gasteiger partial charge in [-0.3, -0.25) is 9.48 Å². The molecule has 2 aromatic carbocycles. The minimum Gasteiger partial charge on any atom is -0.454 e. The van der Waals surface area contributed by atoms with E-state index in [1.165, 1.54) is 10.9 Å². The lowest BCUT2D eigenvalue weighted by molar-refractivity contribution is 0.0948. The summed E-state index contributed by atoms with van der Waals surface area (Å²) in [6.07, 6.45) is 2.74. The first-order valence-corrected chi connectivity index (χ1v) is 9.46. The van der Waals surface area contributed by atoms with Crippen LogP contribution in [0.15, 0.2) is 54.7 Å². The molecule has 1 aliphatic heterocycles. The van der Waals surface area contributed by atoms with E-state index in [0.29, 0.717) is 18.0 Å². The quantitative estimate of drug-likeness (QED) is 0.550. The number of nitrogens with one attached hydrogen (secondary N) is 2. The third-order valence-electron chi connectivity index (χ3n) is 5.14. The molecule has 2 aromatic heterocycles. The molecule has 2 N–H and O–H groups in total. The van der Waals surface area contributed by atoms with E-state index >= 15 is 0 Å². The van der Waals surface area contributed by atoms with E-state index in [2.05, 4.69) is 21.5 Å². The van der Waals surface area contributed by atoms with Gasteiger partial charge in [-0.15, -0.1) is 0 Å². The molecular weight excluding hydrogens is 368 g/mol. The fourth-order valence-corrected chi connectivity index (χ4v) is 3.64. The zero-order valence-corrected chi connectivity index (χ0v) is 15.9. The van der Waals surface area contributed by atoms with Gasteiger partial charge in [0.25, 0.3) is 5.91 Å². The Labute approximate surface area is 167 Å². The van der Waals surface area contributed by atoms with Crippen molar-refractivity contribution in [3.63, 3.8) is 0 Å². The normalized spacial score (nSPS) is 12.4. The van der Waals surface area contributed by atoms with E-state index in [9.17, 15) is 4.79 Å². The Hall–Kier alpha value is -3.74. The second-order valence-electron chi connectivity index (χ2n) is 6.97. The van der Waals surface area contributed by atoms with Crippen LogP contribution in [0.1, 0.15) is 16.1 Å². The molecule has 146 valence electrons. The van der Waals surface area contributed by atoms with Gasteiger partial charge in [-0.25, -0.2) is 0 Å². The molecule has 0 saturated carbocycles. The molecular formula is C22H20N4O3. The molecule has 0 radical (unpaired) electrons. The highest BCUT2D eigenvalue weighted by atomic mass is 16.7. The van der Waals surface area contributed by atoms with Gasteiger partial charge in [0.1, 0.15) is 0 Å². The van der Waals surface area contributed by atoms with Gasteiger partial charge in [0, 0.05) is 36.3 Å². The highest BCUT2D eigenvalue weighted by Crippen LogP contribution is 2.35. The van der Waals surface area contributed by atoms with Crippen LogP contribution in [0, 0.1) is 0 Å². The molecule has 0 fully saturated rings. The maximum atomic E-state index is 12.6. The number of aromatic amines is 1. The molecule has 29 heavy (non-hydrogen) atoms. The molecule has 0 bridgehead atoms. The smallest absolute Gasteiger partial charge is 0.271 e. The maximum absolute atomic E-state index is 12.6. The highest BCUT2D eigenvalue weighted by molar-refractivity contribution is 5.93. The summed E-state index contributed by atoms with van der Waals surface area (Å²) in [7, 11) is 1.82. The third-order valence-corrected chi connectivity index (χ3v) is 5.14. The van der Waals surface area contributed by atoms with Crippen LogP contribution in [0.5, 0.6) is 11.5 Å². The Morgan fingerprint density at radius 3 is 2.97 bits per heavy atom. The molecule has 7 heteroatoms. The second-order valence-corrected chi connectivity index (χ2v) is 6.97. The van der Waals surface area contributed by atoms with Crippen molar-refractivity contribution >= 4 is 16.8 Å².